The van der Waals surface area contributed by atoms with Crippen LogP contribution in [-0.2, 0) is 0 Å². The van der Waals surface area contributed by atoms with Crippen molar-refractivity contribution in [2.75, 3.05) is 0 Å². The fourth-order valence-corrected chi connectivity index (χ4v) is 1.45. The van der Waals surface area contributed by atoms with E-state index in [-0.39, 0.29) is 0 Å². The maximum absolute atomic E-state index is 3.63. The molecule has 1 rings (SSSR count). The Kier molecular flexibility index (Phi) is 2.73. The minimum Gasteiger partial charge on any atom is -0.130 e. The smallest absolute Gasteiger partial charge is 0.0199 e. The lowest BCUT2D eigenvalue weighted by Crippen LogP contribution is -1.80. The normalized spacial score (nSPS) is 28.5. The summed E-state index contributed by atoms with van der Waals surface area (Å²) in [6.45, 7) is 7.83. The van der Waals surface area contributed by atoms with Crippen LogP contribution in [0.2, 0.25) is 0 Å². The molecule has 1 aliphatic rings. The van der Waals surface area contributed by atoms with Crippen molar-refractivity contribution in [1.29, 1.82) is 0 Å². The predicted molar refractivity (Wildman–Crippen MR) is 49.4 cm³/mol. The van der Waals surface area contributed by atoms with E-state index < -0.39 is 0 Å². The lowest BCUT2D eigenvalue weighted by molar-refractivity contribution is 0.775. The quantitative estimate of drug-likeness (QED) is 0.425. The van der Waals surface area contributed by atoms with E-state index in [2.05, 4.69) is 38.3 Å². The standard InChI is InChI=1S/C11H16/c1-4-6-10-8-11(10)7-9(3)5-2/h4,6,10-11H,2,7-8H2,1,3H3. The van der Waals surface area contributed by atoms with E-state index >= 15 is 0 Å². The van der Waals surface area contributed by atoms with Crippen molar-refractivity contribution in [3.05, 3.63) is 30.0 Å². The maximum Gasteiger partial charge on any atom is -0.0199 e. The first kappa shape index (κ1) is 8.36. The molecule has 0 radical (unpaired) electrons. The molecule has 0 bridgehead atoms. The van der Waals surface area contributed by atoms with Gasteiger partial charge in [-0.05, 0) is 44.1 Å². The molecule has 1 fully saturated rings. The zero-order valence-electron chi connectivity index (χ0n) is 7.43. The van der Waals surface area contributed by atoms with E-state index in [4.69, 9.17) is 0 Å². The second kappa shape index (κ2) is 3.59. The highest BCUT2D eigenvalue weighted by Crippen LogP contribution is 2.43. The van der Waals surface area contributed by atoms with Crippen LogP contribution in [0.1, 0.15) is 26.7 Å². The Hall–Kier alpha value is -0.740. The van der Waals surface area contributed by atoms with Crippen LogP contribution in [0.4, 0.5) is 0 Å². The third-order valence-corrected chi connectivity index (χ3v) is 2.29. The van der Waals surface area contributed by atoms with Crippen LogP contribution in [0.3, 0.4) is 0 Å². The van der Waals surface area contributed by atoms with Gasteiger partial charge in [-0.3, -0.25) is 0 Å². The van der Waals surface area contributed by atoms with Gasteiger partial charge in [0.05, 0.1) is 0 Å². The van der Waals surface area contributed by atoms with Gasteiger partial charge < -0.3 is 0 Å². The summed E-state index contributed by atoms with van der Waals surface area (Å²) in [4.78, 5) is 0. The van der Waals surface area contributed by atoms with E-state index in [0.717, 1.165) is 11.8 Å². The van der Waals surface area contributed by atoms with Crippen LogP contribution < -0.4 is 0 Å². The largest absolute Gasteiger partial charge is 0.130 e. The Morgan fingerprint density at radius 1 is 1.73 bits per heavy atom. The summed E-state index contributed by atoms with van der Waals surface area (Å²) in [5.74, 6) is 1.74. The molecule has 0 aliphatic heterocycles. The van der Waals surface area contributed by atoms with Crippen LogP contribution in [0.25, 0.3) is 0 Å². The van der Waals surface area contributed by atoms with Gasteiger partial charge in [-0.1, -0.05) is 18.7 Å². The van der Waals surface area contributed by atoms with Gasteiger partial charge in [-0.25, -0.2) is 0 Å². The lowest BCUT2D eigenvalue weighted by atomic mass is 10.1. The molecule has 0 aromatic heterocycles. The zero-order chi connectivity index (χ0) is 8.27. The summed E-state index contributed by atoms with van der Waals surface area (Å²) in [5, 5.41) is 0. The minimum atomic E-state index is 0.850. The molecule has 0 aromatic carbocycles. The van der Waals surface area contributed by atoms with Gasteiger partial charge in [-0.2, -0.15) is 0 Å². The average molecular weight is 148 g/mol. The first-order chi connectivity index (χ1) is 5.27. The molecule has 0 heterocycles. The summed E-state index contributed by atoms with van der Waals surface area (Å²) < 4.78 is 0. The fraction of sp³-hybridized carbons (Fsp3) is 0.545. The third kappa shape index (κ3) is 2.40. The average Bonchev–Trinajstić information content (AvgIpc) is 2.69. The molecule has 0 N–H and O–H groups in total. The number of rotatable bonds is 3. The molecular weight excluding hydrogens is 132 g/mol. The summed E-state index contributed by atoms with van der Waals surface area (Å²) in [6.07, 6.45) is 7.01. The van der Waals surface area contributed by atoms with Crippen LogP contribution >= 0.6 is 0 Å². The molecule has 1 saturated carbocycles. The minimum absolute atomic E-state index is 0.850. The number of hydrogen-bond acceptors (Lipinski definition) is 0. The Morgan fingerprint density at radius 3 is 3.00 bits per heavy atom. The Bertz CT molecular complexity index is 204. The molecule has 0 aromatic rings. The van der Waals surface area contributed by atoms with Crippen molar-refractivity contribution in [3.63, 3.8) is 0 Å². The molecule has 0 amide bonds. The molecule has 1 aliphatic carbocycles. The van der Waals surface area contributed by atoms with E-state index in [1.54, 1.807) is 0 Å². The van der Waals surface area contributed by atoms with Gasteiger partial charge >= 0.3 is 0 Å². The van der Waals surface area contributed by atoms with Crippen molar-refractivity contribution in [3.8, 4) is 0 Å². The Balaban J connectivity index is 2.29. The van der Waals surface area contributed by atoms with Gasteiger partial charge in [0.1, 0.15) is 0 Å². The highest BCUT2D eigenvalue weighted by atomic mass is 14.4. The van der Waals surface area contributed by atoms with Crippen LogP contribution in [-0.4, -0.2) is 0 Å². The van der Waals surface area contributed by atoms with E-state index in [1.807, 2.05) is 0 Å². The van der Waals surface area contributed by atoms with E-state index in [9.17, 15) is 0 Å². The summed E-state index contributed by atoms with van der Waals surface area (Å²) in [5.41, 5.74) is 4.25. The van der Waals surface area contributed by atoms with Crippen LogP contribution in [0.5, 0.6) is 0 Å². The highest BCUT2D eigenvalue weighted by molar-refractivity contribution is 5.07. The molecule has 2 atom stereocenters. The molecule has 0 spiro atoms. The predicted octanol–water partition coefficient (Wildman–Crippen LogP) is 3.32. The molecule has 0 saturated heterocycles. The molecule has 0 heteroatoms. The first-order valence-electron chi connectivity index (χ1n) is 4.26. The van der Waals surface area contributed by atoms with Crippen molar-refractivity contribution >= 4 is 0 Å². The lowest BCUT2D eigenvalue weighted by Gasteiger charge is -1.93. The molecule has 0 nitrogen and oxygen atoms in total. The Morgan fingerprint density at radius 2 is 2.45 bits per heavy atom. The number of hydrogen-bond donors (Lipinski definition) is 0. The SMILES string of the molecule is C=C=C(C)CC1CC1C=CC. The van der Waals surface area contributed by atoms with Gasteiger partial charge in [-0.15, -0.1) is 5.73 Å². The van der Waals surface area contributed by atoms with Crippen LogP contribution in [0, 0.1) is 11.8 Å². The number of allylic oxidation sites excluding steroid dienone is 3. The van der Waals surface area contributed by atoms with E-state index in [1.165, 1.54) is 18.4 Å². The third-order valence-electron chi connectivity index (χ3n) is 2.29. The van der Waals surface area contributed by atoms with Gasteiger partial charge in [0.2, 0.25) is 0 Å². The van der Waals surface area contributed by atoms with Gasteiger partial charge in [0, 0.05) is 0 Å². The van der Waals surface area contributed by atoms with Crippen molar-refractivity contribution in [1.82, 2.24) is 0 Å². The van der Waals surface area contributed by atoms with Crippen molar-refractivity contribution < 1.29 is 0 Å². The zero-order valence-corrected chi connectivity index (χ0v) is 7.43. The highest BCUT2D eigenvalue weighted by Gasteiger charge is 2.33. The molecular formula is C11H16. The molecule has 2 unspecified atom stereocenters. The molecule has 11 heavy (non-hydrogen) atoms. The summed E-state index contributed by atoms with van der Waals surface area (Å²) in [7, 11) is 0. The van der Waals surface area contributed by atoms with Crippen molar-refractivity contribution in [2.24, 2.45) is 11.8 Å². The van der Waals surface area contributed by atoms with Crippen molar-refractivity contribution in [2.45, 2.75) is 26.7 Å². The van der Waals surface area contributed by atoms with Gasteiger partial charge in [0.25, 0.3) is 0 Å². The fourth-order valence-electron chi connectivity index (χ4n) is 1.45. The topological polar surface area (TPSA) is 0 Å². The Labute approximate surface area is 69.3 Å². The monoisotopic (exact) mass is 148 g/mol. The van der Waals surface area contributed by atoms with E-state index in [0.29, 0.717) is 0 Å². The second-order valence-corrected chi connectivity index (χ2v) is 3.35. The first-order valence-corrected chi connectivity index (χ1v) is 4.26. The maximum atomic E-state index is 3.63. The second-order valence-electron chi connectivity index (χ2n) is 3.35. The van der Waals surface area contributed by atoms with Gasteiger partial charge in [0.15, 0.2) is 0 Å². The summed E-state index contributed by atoms with van der Waals surface area (Å²) >= 11 is 0. The molecule has 60 valence electrons. The van der Waals surface area contributed by atoms with Crippen LogP contribution in [0.15, 0.2) is 30.0 Å². The summed E-state index contributed by atoms with van der Waals surface area (Å²) in [6, 6.07) is 0.